The van der Waals surface area contributed by atoms with Gasteiger partial charge < -0.3 is 14.8 Å². The number of aryl methyl sites for hydroxylation is 2. The minimum Gasteiger partial charge on any atom is -0.481 e. The standard InChI is InChI=1S/C18H21NO4/c1-10-5-15-13(9-23-16(15)6-11(10)2)8-17(20)19-14-4-3-12(7-14)18(21)22/h5-6,9,12,14H,3-4,7-8H2,1-2H3,(H,19,20)(H,21,22)/t12-,14+/m0/s1. The SMILES string of the molecule is Cc1cc2occ(CC(=O)N[C@@H]3CC[C@H](C(=O)O)C3)c2cc1C. The maximum absolute atomic E-state index is 12.2. The molecule has 1 fully saturated rings. The van der Waals surface area contributed by atoms with Crippen LogP contribution in [-0.2, 0) is 16.0 Å². The van der Waals surface area contributed by atoms with E-state index in [0.29, 0.717) is 12.8 Å². The highest BCUT2D eigenvalue weighted by Crippen LogP contribution is 2.27. The normalized spacial score (nSPS) is 20.8. The highest BCUT2D eigenvalue weighted by atomic mass is 16.4. The van der Waals surface area contributed by atoms with Crippen LogP contribution < -0.4 is 5.32 Å². The average Bonchev–Trinajstić information content (AvgIpc) is 3.08. The van der Waals surface area contributed by atoms with Gasteiger partial charge in [-0.15, -0.1) is 0 Å². The number of amides is 1. The molecule has 0 spiro atoms. The van der Waals surface area contributed by atoms with Crippen LogP contribution in [0.1, 0.15) is 36.0 Å². The smallest absolute Gasteiger partial charge is 0.306 e. The Morgan fingerprint density at radius 2 is 2.00 bits per heavy atom. The lowest BCUT2D eigenvalue weighted by Gasteiger charge is -2.12. The molecule has 2 atom stereocenters. The summed E-state index contributed by atoms with van der Waals surface area (Å²) < 4.78 is 5.55. The number of hydrogen-bond donors (Lipinski definition) is 2. The molecule has 1 heterocycles. The second kappa shape index (κ2) is 6.07. The van der Waals surface area contributed by atoms with Crippen molar-refractivity contribution in [3.8, 4) is 0 Å². The lowest BCUT2D eigenvalue weighted by molar-refractivity contribution is -0.141. The van der Waals surface area contributed by atoms with Gasteiger partial charge in [-0.2, -0.15) is 0 Å². The molecular formula is C18H21NO4. The molecule has 0 unspecified atom stereocenters. The second-order valence-corrected chi connectivity index (χ2v) is 6.48. The Bertz CT molecular complexity index is 762. The van der Waals surface area contributed by atoms with Crippen molar-refractivity contribution in [2.75, 3.05) is 0 Å². The molecule has 1 aliphatic carbocycles. The highest BCUT2D eigenvalue weighted by molar-refractivity contribution is 5.88. The molecule has 0 radical (unpaired) electrons. The number of benzene rings is 1. The number of carboxylic acid groups (broad SMARTS) is 1. The van der Waals surface area contributed by atoms with Crippen LogP contribution in [0.25, 0.3) is 11.0 Å². The Labute approximate surface area is 134 Å². The Morgan fingerprint density at radius 1 is 1.26 bits per heavy atom. The molecule has 122 valence electrons. The predicted molar refractivity (Wildman–Crippen MR) is 86.3 cm³/mol. The summed E-state index contributed by atoms with van der Waals surface area (Å²) in [4.78, 5) is 23.2. The van der Waals surface area contributed by atoms with Gasteiger partial charge in [-0.05, 0) is 56.4 Å². The second-order valence-electron chi connectivity index (χ2n) is 6.48. The van der Waals surface area contributed by atoms with Crippen LogP contribution >= 0.6 is 0 Å². The van der Waals surface area contributed by atoms with Gasteiger partial charge in [0.1, 0.15) is 5.58 Å². The zero-order valence-electron chi connectivity index (χ0n) is 13.4. The van der Waals surface area contributed by atoms with Gasteiger partial charge in [0.05, 0.1) is 18.6 Å². The Kier molecular flexibility index (Phi) is 4.11. The van der Waals surface area contributed by atoms with Crippen molar-refractivity contribution < 1.29 is 19.1 Å². The molecule has 3 rings (SSSR count). The number of carbonyl (C=O) groups excluding carboxylic acids is 1. The van der Waals surface area contributed by atoms with Crippen LogP contribution in [0.4, 0.5) is 0 Å². The fourth-order valence-corrected chi connectivity index (χ4v) is 3.26. The van der Waals surface area contributed by atoms with Crippen LogP contribution in [0.15, 0.2) is 22.8 Å². The van der Waals surface area contributed by atoms with Crippen LogP contribution in [0.5, 0.6) is 0 Å². The molecule has 2 N–H and O–H groups in total. The van der Waals surface area contributed by atoms with Gasteiger partial charge >= 0.3 is 5.97 Å². The largest absolute Gasteiger partial charge is 0.481 e. The van der Waals surface area contributed by atoms with E-state index in [2.05, 4.69) is 5.32 Å². The summed E-state index contributed by atoms with van der Waals surface area (Å²) in [5, 5.41) is 12.9. The molecule has 1 aromatic heterocycles. The molecule has 5 heteroatoms. The van der Waals surface area contributed by atoms with Gasteiger partial charge in [0.15, 0.2) is 0 Å². The number of fused-ring (bicyclic) bond motifs is 1. The summed E-state index contributed by atoms with van der Waals surface area (Å²) in [6.45, 7) is 4.07. The minimum absolute atomic E-state index is 0.0363. The maximum Gasteiger partial charge on any atom is 0.306 e. The summed E-state index contributed by atoms with van der Waals surface area (Å²) in [5.74, 6) is -1.18. The lowest BCUT2D eigenvalue weighted by Crippen LogP contribution is -2.34. The molecule has 1 saturated carbocycles. The van der Waals surface area contributed by atoms with Crippen molar-refractivity contribution in [1.29, 1.82) is 0 Å². The van der Waals surface area contributed by atoms with Gasteiger partial charge in [-0.3, -0.25) is 9.59 Å². The predicted octanol–water partition coefficient (Wildman–Crippen LogP) is 2.96. The van der Waals surface area contributed by atoms with Crippen LogP contribution in [0.3, 0.4) is 0 Å². The molecule has 0 saturated heterocycles. The van der Waals surface area contributed by atoms with E-state index in [9.17, 15) is 9.59 Å². The molecule has 0 aliphatic heterocycles. The van der Waals surface area contributed by atoms with Gasteiger partial charge in [0.25, 0.3) is 0 Å². The average molecular weight is 315 g/mol. The van der Waals surface area contributed by atoms with Crippen molar-refractivity contribution in [3.63, 3.8) is 0 Å². The van der Waals surface area contributed by atoms with E-state index in [1.165, 1.54) is 5.56 Å². The van der Waals surface area contributed by atoms with Crippen molar-refractivity contribution in [1.82, 2.24) is 5.32 Å². The van der Waals surface area contributed by atoms with Gasteiger partial charge in [0, 0.05) is 17.0 Å². The molecule has 1 aromatic carbocycles. The number of carbonyl (C=O) groups is 2. The summed E-state index contributed by atoms with van der Waals surface area (Å²) in [7, 11) is 0. The molecule has 2 aromatic rings. The summed E-state index contributed by atoms with van der Waals surface area (Å²) in [5.41, 5.74) is 3.99. The van der Waals surface area contributed by atoms with Crippen molar-refractivity contribution in [2.24, 2.45) is 5.92 Å². The topological polar surface area (TPSA) is 79.5 Å². The van der Waals surface area contributed by atoms with Crippen molar-refractivity contribution in [3.05, 3.63) is 35.1 Å². The Morgan fingerprint density at radius 3 is 2.70 bits per heavy atom. The number of carboxylic acids is 1. The Hall–Kier alpha value is -2.30. The third kappa shape index (κ3) is 3.23. The molecule has 1 aliphatic rings. The molecule has 5 nitrogen and oxygen atoms in total. The summed E-state index contributed by atoms with van der Waals surface area (Å²) in [6.07, 6.45) is 3.77. The zero-order chi connectivity index (χ0) is 16.6. The molecule has 1 amide bonds. The van der Waals surface area contributed by atoms with E-state index >= 15 is 0 Å². The fourth-order valence-electron chi connectivity index (χ4n) is 3.26. The van der Waals surface area contributed by atoms with Gasteiger partial charge in [-0.1, -0.05) is 0 Å². The van der Waals surface area contributed by atoms with E-state index in [1.54, 1.807) is 6.26 Å². The fraction of sp³-hybridized carbons (Fsp3) is 0.444. The first kappa shape index (κ1) is 15.6. The maximum atomic E-state index is 12.2. The molecule has 23 heavy (non-hydrogen) atoms. The number of rotatable bonds is 4. The molecular weight excluding hydrogens is 294 g/mol. The summed E-state index contributed by atoms with van der Waals surface area (Å²) in [6, 6.07) is 4.00. The van der Waals surface area contributed by atoms with E-state index in [4.69, 9.17) is 9.52 Å². The number of aliphatic carboxylic acids is 1. The zero-order valence-corrected chi connectivity index (χ0v) is 13.4. The third-order valence-corrected chi connectivity index (χ3v) is 4.77. The third-order valence-electron chi connectivity index (χ3n) is 4.77. The van der Waals surface area contributed by atoms with E-state index in [-0.39, 0.29) is 24.3 Å². The van der Waals surface area contributed by atoms with Crippen LogP contribution in [-0.4, -0.2) is 23.0 Å². The van der Waals surface area contributed by atoms with E-state index in [1.807, 2.05) is 26.0 Å². The highest BCUT2D eigenvalue weighted by Gasteiger charge is 2.30. The monoisotopic (exact) mass is 315 g/mol. The minimum atomic E-state index is -0.770. The first-order valence-electron chi connectivity index (χ1n) is 7.93. The summed E-state index contributed by atoms with van der Waals surface area (Å²) >= 11 is 0. The van der Waals surface area contributed by atoms with Crippen LogP contribution in [0, 0.1) is 19.8 Å². The molecule has 0 bridgehead atoms. The van der Waals surface area contributed by atoms with E-state index < -0.39 is 5.97 Å². The number of furan rings is 1. The lowest BCUT2D eigenvalue weighted by atomic mass is 10.0. The quantitative estimate of drug-likeness (QED) is 0.909. The van der Waals surface area contributed by atoms with Gasteiger partial charge in [-0.25, -0.2) is 0 Å². The van der Waals surface area contributed by atoms with Crippen molar-refractivity contribution >= 4 is 22.8 Å². The van der Waals surface area contributed by atoms with Crippen LogP contribution in [0.2, 0.25) is 0 Å². The van der Waals surface area contributed by atoms with Gasteiger partial charge in [0.2, 0.25) is 5.91 Å². The number of hydrogen-bond acceptors (Lipinski definition) is 3. The number of nitrogens with one attached hydrogen (secondary N) is 1. The van der Waals surface area contributed by atoms with Crippen molar-refractivity contribution in [2.45, 2.75) is 45.6 Å². The Balaban J connectivity index is 1.67. The van der Waals surface area contributed by atoms with E-state index in [0.717, 1.165) is 28.5 Å². The first-order chi connectivity index (χ1) is 10.9. The first-order valence-corrected chi connectivity index (χ1v) is 7.93.